The molecule has 3 amide bonds. The predicted octanol–water partition coefficient (Wildman–Crippen LogP) is 3.89. The molecular weight excluding hydrogens is 373 g/mol. The van der Waals surface area contributed by atoms with Gasteiger partial charge >= 0.3 is 0 Å². The predicted molar refractivity (Wildman–Crippen MR) is 101 cm³/mol. The zero-order chi connectivity index (χ0) is 19.6. The third kappa shape index (κ3) is 4.25. The van der Waals surface area contributed by atoms with Gasteiger partial charge in [-0.15, -0.1) is 0 Å². The van der Waals surface area contributed by atoms with E-state index < -0.39 is 17.6 Å². The molecule has 8 heteroatoms. The highest BCUT2D eigenvalue weighted by Gasteiger charge is 2.31. The van der Waals surface area contributed by atoms with Gasteiger partial charge in [-0.25, -0.2) is 4.39 Å². The molecule has 0 saturated carbocycles. The molecule has 0 fully saturated rings. The number of rotatable bonds is 4. The highest BCUT2D eigenvalue weighted by atomic mass is 35.5. The van der Waals surface area contributed by atoms with E-state index in [2.05, 4.69) is 16.0 Å². The average Bonchev–Trinajstić information content (AvgIpc) is 2.63. The van der Waals surface area contributed by atoms with Crippen LogP contribution >= 0.6 is 11.6 Å². The monoisotopic (exact) mass is 389 g/mol. The minimum absolute atomic E-state index is 0.0612. The molecule has 2 aromatic carbocycles. The van der Waals surface area contributed by atoms with E-state index in [0.29, 0.717) is 23.4 Å². The van der Waals surface area contributed by atoms with Crippen molar-refractivity contribution in [3.63, 3.8) is 0 Å². The summed E-state index contributed by atoms with van der Waals surface area (Å²) >= 11 is 6.14. The lowest BCUT2D eigenvalue weighted by atomic mass is 9.89. The van der Waals surface area contributed by atoms with Crippen LogP contribution in [-0.2, 0) is 14.4 Å². The molecule has 140 valence electrons. The maximum Gasteiger partial charge on any atom is 0.232 e. The van der Waals surface area contributed by atoms with E-state index in [1.54, 1.807) is 25.1 Å². The molecule has 1 heterocycles. The summed E-state index contributed by atoms with van der Waals surface area (Å²) in [7, 11) is 0. The van der Waals surface area contributed by atoms with E-state index in [-0.39, 0.29) is 28.9 Å². The number of halogens is 2. The van der Waals surface area contributed by atoms with E-state index in [9.17, 15) is 18.8 Å². The Morgan fingerprint density at radius 1 is 1.22 bits per heavy atom. The first kappa shape index (κ1) is 18.8. The molecule has 3 N–H and O–H groups in total. The molecule has 2 aromatic rings. The van der Waals surface area contributed by atoms with Crippen LogP contribution in [0.15, 0.2) is 36.4 Å². The summed E-state index contributed by atoms with van der Waals surface area (Å²) in [5.41, 5.74) is 1.61. The smallest absolute Gasteiger partial charge is 0.232 e. The fraction of sp³-hybridized carbons (Fsp3) is 0.211. The molecule has 0 aliphatic carbocycles. The van der Waals surface area contributed by atoms with E-state index >= 15 is 0 Å². The second-order valence-corrected chi connectivity index (χ2v) is 6.53. The normalized spacial score (nSPS) is 15.5. The molecule has 0 saturated heterocycles. The van der Waals surface area contributed by atoms with Crippen molar-refractivity contribution < 1.29 is 18.8 Å². The zero-order valence-electron chi connectivity index (χ0n) is 14.4. The topological polar surface area (TPSA) is 87.3 Å². The van der Waals surface area contributed by atoms with Crippen LogP contribution < -0.4 is 16.0 Å². The van der Waals surface area contributed by atoms with E-state index in [1.807, 2.05) is 0 Å². The summed E-state index contributed by atoms with van der Waals surface area (Å²) in [4.78, 5) is 36.2. The van der Waals surface area contributed by atoms with E-state index in [1.165, 1.54) is 18.2 Å². The quantitative estimate of drug-likeness (QED) is 0.741. The van der Waals surface area contributed by atoms with Crippen LogP contribution in [0.4, 0.5) is 21.5 Å². The number of anilines is 3. The first-order valence-electron chi connectivity index (χ1n) is 8.37. The highest BCUT2D eigenvalue weighted by molar-refractivity contribution is 6.34. The molecular formula is C19H17ClFN3O3. The second kappa shape index (κ2) is 7.75. The third-order valence-corrected chi connectivity index (χ3v) is 4.53. The number of carbonyl (C=O) groups excluding carboxylic acids is 3. The van der Waals surface area contributed by atoms with Crippen LogP contribution in [0.3, 0.4) is 0 Å². The minimum atomic E-state index is -0.778. The van der Waals surface area contributed by atoms with Gasteiger partial charge in [0.15, 0.2) is 0 Å². The third-order valence-electron chi connectivity index (χ3n) is 4.20. The van der Waals surface area contributed by atoms with Crippen LogP contribution in [0.5, 0.6) is 0 Å². The van der Waals surface area contributed by atoms with E-state index in [4.69, 9.17) is 11.6 Å². The summed E-state index contributed by atoms with van der Waals surface area (Å²) in [6.45, 7) is 1.72. The summed E-state index contributed by atoms with van der Waals surface area (Å²) < 4.78 is 13.4. The van der Waals surface area contributed by atoms with Crippen molar-refractivity contribution in [1.29, 1.82) is 0 Å². The standard InChI is InChI=1S/C19H17ClFN3O3/c1-2-17(25)22-11-4-6-14(20)16(8-11)24-19(27)13-9-18(26)23-15-7-10(21)3-5-12(13)15/h3-8,13H,2,9H2,1H3,(H,22,25)(H,23,26)(H,24,27). The van der Waals surface area contributed by atoms with Crippen molar-refractivity contribution in [2.45, 2.75) is 25.7 Å². The van der Waals surface area contributed by atoms with Crippen LogP contribution in [-0.4, -0.2) is 17.7 Å². The second-order valence-electron chi connectivity index (χ2n) is 6.12. The van der Waals surface area contributed by atoms with Crippen LogP contribution in [0.1, 0.15) is 31.2 Å². The molecule has 1 unspecified atom stereocenters. The zero-order valence-corrected chi connectivity index (χ0v) is 15.2. The molecule has 0 aromatic heterocycles. The number of nitrogens with one attached hydrogen (secondary N) is 3. The number of hydrogen-bond acceptors (Lipinski definition) is 3. The van der Waals surface area contributed by atoms with Crippen molar-refractivity contribution >= 4 is 46.4 Å². The van der Waals surface area contributed by atoms with Crippen molar-refractivity contribution in [1.82, 2.24) is 0 Å². The van der Waals surface area contributed by atoms with Gasteiger partial charge in [-0.2, -0.15) is 0 Å². The molecule has 1 atom stereocenters. The molecule has 1 aliphatic heterocycles. The Morgan fingerprint density at radius 3 is 2.74 bits per heavy atom. The SMILES string of the molecule is CCC(=O)Nc1ccc(Cl)c(NC(=O)C2CC(=O)Nc3cc(F)ccc32)c1. The molecule has 1 aliphatic rings. The number of amides is 3. The fourth-order valence-electron chi connectivity index (χ4n) is 2.84. The maximum atomic E-state index is 13.4. The lowest BCUT2D eigenvalue weighted by molar-refractivity contribution is -0.123. The first-order chi connectivity index (χ1) is 12.9. The van der Waals surface area contributed by atoms with Gasteiger partial charge < -0.3 is 16.0 Å². The van der Waals surface area contributed by atoms with Gasteiger partial charge in [-0.3, -0.25) is 14.4 Å². The van der Waals surface area contributed by atoms with Crippen molar-refractivity contribution in [2.24, 2.45) is 0 Å². The van der Waals surface area contributed by atoms with E-state index in [0.717, 1.165) is 0 Å². The molecule has 27 heavy (non-hydrogen) atoms. The van der Waals surface area contributed by atoms with Gasteiger partial charge in [0.1, 0.15) is 5.82 Å². The van der Waals surface area contributed by atoms with Gasteiger partial charge in [0.25, 0.3) is 0 Å². The summed E-state index contributed by atoms with van der Waals surface area (Å²) in [5.74, 6) is -2.27. The number of fused-ring (bicyclic) bond motifs is 1. The molecule has 0 radical (unpaired) electrons. The largest absolute Gasteiger partial charge is 0.326 e. The lowest BCUT2D eigenvalue weighted by Gasteiger charge is -2.25. The number of carbonyl (C=O) groups is 3. The molecule has 3 rings (SSSR count). The van der Waals surface area contributed by atoms with Gasteiger partial charge in [0, 0.05) is 24.2 Å². The van der Waals surface area contributed by atoms with Crippen molar-refractivity contribution in [3.05, 3.63) is 52.8 Å². The Balaban J connectivity index is 1.85. The summed E-state index contributed by atoms with van der Waals surface area (Å²) in [6, 6.07) is 8.62. The Hall–Kier alpha value is -2.93. The lowest BCUT2D eigenvalue weighted by Crippen LogP contribution is -2.31. The minimum Gasteiger partial charge on any atom is -0.326 e. The van der Waals surface area contributed by atoms with Crippen molar-refractivity contribution in [3.8, 4) is 0 Å². The Morgan fingerprint density at radius 2 is 2.00 bits per heavy atom. The van der Waals surface area contributed by atoms with Gasteiger partial charge in [-0.05, 0) is 35.9 Å². The van der Waals surface area contributed by atoms with Crippen LogP contribution in [0.2, 0.25) is 5.02 Å². The van der Waals surface area contributed by atoms with Crippen LogP contribution in [0.25, 0.3) is 0 Å². The first-order valence-corrected chi connectivity index (χ1v) is 8.74. The average molecular weight is 390 g/mol. The Labute approximate surface area is 160 Å². The number of benzene rings is 2. The Kier molecular flexibility index (Phi) is 5.41. The molecule has 0 spiro atoms. The summed E-state index contributed by atoms with van der Waals surface area (Å²) in [6.07, 6.45) is 0.253. The molecule has 6 nitrogen and oxygen atoms in total. The van der Waals surface area contributed by atoms with Gasteiger partial charge in [0.05, 0.1) is 16.6 Å². The number of hydrogen-bond donors (Lipinski definition) is 3. The highest BCUT2D eigenvalue weighted by Crippen LogP contribution is 2.34. The summed E-state index contributed by atoms with van der Waals surface area (Å²) in [5, 5.41) is 8.23. The fourth-order valence-corrected chi connectivity index (χ4v) is 3.00. The molecule has 0 bridgehead atoms. The van der Waals surface area contributed by atoms with Gasteiger partial charge in [0.2, 0.25) is 17.7 Å². The van der Waals surface area contributed by atoms with Crippen molar-refractivity contribution in [2.75, 3.05) is 16.0 Å². The van der Waals surface area contributed by atoms with Gasteiger partial charge in [-0.1, -0.05) is 24.6 Å². The van der Waals surface area contributed by atoms with Crippen LogP contribution in [0, 0.1) is 5.82 Å². The Bertz CT molecular complexity index is 932. The maximum absolute atomic E-state index is 13.4.